The molecule has 0 N–H and O–H groups in total. The van der Waals surface area contributed by atoms with E-state index in [9.17, 15) is 4.79 Å². The molecule has 0 atom stereocenters. The molecular formula is C21H21N3O. The van der Waals surface area contributed by atoms with Crippen molar-refractivity contribution in [3.8, 4) is 0 Å². The molecule has 0 radical (unpaired) electrons. The zero-order valence-corrected chi connectivity index (χ0v) is 14.1. The summed E-state index contributed by atoms with van der Waals surface area (Å²) in [5, 5.41) is 4.36. The van der Waals surface area contributed by atoms with Gasteiger partial charge in [-0.3, -0.25) is 9.48 Å². The predicted molar refractivity (Wildman–Crippen MR) is 97.3 cm³/mol. The fraction of sp³-hybridized carbons (Fsp3) is 0.238. The van der Waals surface area contributed by atoms with Crippen LogP contribution in [0, 0.1) is 0 Å². The Bertz CT molecular complexity index is 870. The lowest BCUT2D eigenvalue weighted by molar-refractivity contribution is 0.0746. The van der Waals surface area contributed by atoms with E-state index in [4.69, 9.17) is 0 Å². The normalized spacial score (nSPS) is 14.0. The van der Waals surface area contributed by atoms with E-state index >= 15 is 0 Å². The summed E-state index contributed by atoms with van der Waals surface area (Å²) in [7, 11) is 0. The van der Waals surface area contributed by atoms with Crippen molar-refractivity contribution in [2.24, 2.45) is 0 Å². The van der Waals surface area contributed by atoms with Gasteiger partial charge in [-0.25, -0.2) is 0 Å². The summed E-state index contributed by atoms with van der Waals surface area (Å²) < 4.78 is 1.83. The number of benzene rings is 2. The van der Waals surface area contributed by atoms with Gasteiger partial charge in [0.2, 0.25) is 0 Å². The van der Waals surface area contributed by atoms with Crippen LogP contribution in [0.1, 0.15) is 33.5 Å². The van der Waals surface area contributed by atoms with Gasteiger partial charge in [0, 0.05) is 19.3 Å². The molecule has 1 aliphatic rings. The van der Waals surface area contributed by atoms with Crippen LogP contribution in [0.4, 0.5) is 0 Å². The molecule has 0 unspecified atom stereocenters. The smallest absolute Gasteiger partial charge is 0.257 e. The second-order valence-corrected chi connectivity index (χ2v) is 6.51. The average Bonchev–Trinajstić information content (AvgIpc) is 2.99. The summed E-state index contributed by atoms with van der Waals surface area (Å²) >= 11 is 0. The highest BCUT2D eigenvalue weighted by Gasteiger charge is 2.21. The first kappa shape index (κ1) is 15.6. The maximum absolute atomic E-state index is 12.9. The van der Waals surface area contributed by atoms with Crippen molar-refractivity contribution < 1.29 is 4.79 Å². The van der Waals surface area contributed by atoms with Crippen LogP contribution >= 0.6 is 0 Å². The van der Waals surface area contributed by atoms with Crippen molar-refractivity contribution in [1.82, 2.24) is 14.7 Å². The van der Waals surface area contributed by atoms with Gasteiger partial charge in [0.1, 0.15) is 0 Å². The highest BCUT2D eigenvalue weighted by molar-refractivity contribution is 5.93. The van der Waals surface area contributed by atoms with E-state index in [0.717, 1.165) is 19.4 Å². The fourth-order valence-corrected chi connectivity index (χ4v) is 3.39. The second-order valence-electron chi connectivity index (χ2n) is 6.51. The molecule has 0 aliphatic carbocycles. The quantitative estimate of drug-likeness (QED) is 0.736. The van der Waals surface area contributed by atoms with Crippen LogP contribution in [0.3, 0.4) is 0 Å². The van der Waals surface area contributed by atoms with Gasteiger partial charge < -0.3 is 4.90 Å². The van der Waals surface area contributed by atoms with Crippen LogP contribution in [-0.2, 0) is 19.5 Å². The first-order valence-electron chi connectivity index (χ1n) is 8.72. The van der Waals surface area contributed by atoms with Crippen molar-refractivity contribution in [3.05, 3.63) is 89.2 Å². The molecule has 2 heterocycles. The van der Waals surface area contributed by atoms with E-state index in [0.29, 0.717) is 18.7 Å². The first-order valence-corrected chi connectivity index (χ1v) is 8.72. The molecule has 2 aromatic carbocycles. The van der Waals surface area contributed by atoms with Crippen LogP contribution in [0.2, 0.25) is 0 Å². The van der Waals surface area contributed by atoms with E-state index in [-0.39, 0.29) is 5.91 Å². The third-order valence-corrected chi connectivity index (χ3v) is 4.71. The molecule has 1 aliphatic heterocycles. The zero-order chi connectivity index (χ0) is 17.1. The lowest BCUT2D eigenvalue weighted by Gasteiger charge is -2.20. The molecule has 4 nitrogen and oxygen atoms in total. The number of aryl methyl sites for hydroxylation is 1. The minimum atomic E-state index is 0.0658. The SMILES string of the molecule is O=C(c1cnn(Cc2ccccc2)c1)N1CCCc2ccccc2C1. The van der Waals surface area contributed by atoms with Crippen LogP contribution in [0.25, 0.3) is 0 Å². The number of amides is 1. The number of carbonyl (C=O) groups is 1. The molecule has 3 aromatic rings. The van der Waals surface area contributed by atoms with Crippen LogP contribution in [-0.4, -0.2) is 27.1 Å². The molecule has 0 saturated heterocycles. The van der Waals surface area contributed by atoms with Gasteiger partial charge in [0.15, 0.2) is 0 Å². The number of fused-ring (bicyclic) bond motifs is 1. The molecule has 0 saturated carbocycles. The van der Waals surface area contributed by atoms with Gasteiger partial charge in [-0.05, 0) is 29.5 Å². The van der Waals surface area contributed by atoms with Gasteiger partial charge in [-0.2, -0.15) is 5.10 Å². The molecule has 4 rings (SSSR count). The number of carbonyl (C=O) groups excluding carboxylic acids is 1. The third kappa shape index (κ3) is 3.48. The maximum Gasteiger partial charge on any atom is 0.257 e. The Balaban J connectivity index is 1.50. The summed E-state index contributed by atoms with van der Waals surface area (Å²) in [5.74, 6) is 0.0658. The molecule has 126 valence electrons. The second kappa shape index (κ2) is 6.93. The van der Waals surface area contributed by atoms with E-state index in [1.165, 1.54) is 16.7 Å². The minimum Gasteiger partial charge on any atom is -0.334 e. The Morgan fingerprint density at radius 3 is 2.60 bits per heavy atom. The summed E-state index contributed by atoms with van der Waals surface area (Å²) in [5.41, 5.74) is 4.45. The molecule has 1 amide bonds. The number of hydrogen-bond acceptors (Lipinski definition) is 2. The van der Waals surface area contributed by atoms with Crippen LogP contribution < -0.4 is 0 Å². The van der Waals surface area contributed by atoms with Crippen molar-refractivity contribution in [2.75, 3.05) is 6.54 Å². The van der Waals surface area contributed by atoms with Gasteiger partial charge in [0.05, 0.1) is 18.3 Å². The number of hydrogen-bond donors (Lipinski definition) is 0. The van der Waals surface area contributed by atoms with E-state index < -0.39 is 0 Å². The van der Waals surface area contributed by atoms with Crippen LogP contribution in [0.5, 0.6) is 0 Å². The lowest BCUT2D eigenvalue weighted by Crippen LogP contribution is -2.30. The molecule has 4 heteroatoms. The Kier molecular flexibility index (Phi) is 4.34. The monoisotopic (exact) mass is 331 g/mol. The molecular weight excluding hydrogens is 310 g/mol. The Morgan fingerprint density at radius 1 is 1.00 bits per heavy atom. The number of nitrogens with zero attached hydrogens (tertiary/aromatic N) is 3. The largest absolute Gasteiger partial charge is 0.334 e. The van der Waals surface area contributed by atoms with Gasteiger partial charge in [-0.1, -0.05) is 54.6 Å². The fourth-order valence-electron chi connectivity index (χ4n) is 3.39. The van der Waals surface area contributed by atoms with E-state index in [1.54, 1.807) is 6.20 Å². The summed E-state index contributed by atoms with van der Waals surface area (Å²) in [6.45, 7) is 2.15. The zero-order valence-electron chi connectivity index (χ0n) is 14.1. The average molecular weight is 331 g/mol. The van der Waals surface area contributed by atoms with Crippen molar-refractivity contribution >= 4 is 5.91 Å². The van der Waals surface area contributed by atoms with E-state index in [2.05, 4.69) is 35.4 Å². The topological polar surface area (TPSA) is 38.1 Å². The first-order chi connectivity index (χ1) is 12.3. The van der Waals surface area contributed by atoms with Crippen molar-refractivity contribution in [2.45, 2.75) is 25.9 Å². The standard InChI is InChI=1S/C21H21N3O/c25-21(23-12-6-11-18-9-4-5-10-19(18)15-23)20-13-22-24(16-20)14-17-7-2-1-3-8-17/h1-5,7-10,13,16H,6,11-12,14-15H2. The summed E-state index contributed by atoms with van der Waals surface area (Å²) in [6.07, 6.45) is 5.57. The van der Waals surface area contributed by atoms with Crippen molar-refractivity contribution in [3.63, 3.8) is 0 Å². The number of aromatic nitrogens is 2. The predicted octanol–water partition coefficient (Wildman–Crippen LogP) is 3.52. The Morgan fingerprint density at radius 2 is 1.76 bits per heavy atom. The lowest BCUT2D eigenvalue weighted by atomic mass is 10.0. The van der Waals surface area contributed by atoms with Gasteiger partial charge >= 0.3 is 0 Å². The van der Waals surface area contributed by atoms with Crippen molar-refractivity contribution in [1.29, 1.82) is 0 Å². The minimum absolute atomic E-state index is 0.0658. The van der Waals surface area contributed by atoms with Gasteiger partial charge in [-0.15, -0.1) is 0 Å². The molecule has 0 spiro atoms. The molecule has 0 bridgehead atoms. The van der Waals surface area contributed by atoms with E-state index in [1.807, 2.05) is 40.0 Å². The van der Waals surface area contributed by atoms with Crippen LogP contribution in [0.15, 0.2) is 67.0 Å². The maximum atomic E-state index is 12.9. The molecule has 0 fully saturated rings. The number of rotatable bonds is 3. The molecule has 1 aromatic heterocycles. The Hall–Kier alpha value is -2.88. The molecule has 25 heavy (non-hydrogen) atoms. The highest BCUT2D eigenvalue weighted by atomic mass is 16.2. The Labute approximate surface area is 147 Å². The summed E-state index contributed by atoms with van der Waals surface area (Å²) in [6, 6.07) is 18.6. The summed E-state index contributed by atoms with van der Waals surface area (Å²) in [4.78, 5) is 14.8. The van der Waals surface area contributed by atoms with Gasteiger partial charge in [0.25, 0.3) is 5.91 Å². The highest BCUT2D eigenvalue weighted by Crippen LogP contribution is 2.20. The third-order valence-electron chi connectivity index (χ3n) is 4.71.